The predicted octanol–water partition coefficient (Wildman–Crippen LogP) is 3.15. The third kappa shape index (κ3) is 1.39. The fourth-order valence-electron chi connectivity index (χ4n) is 2.07. The second-order valence-corrected chi connectivity index (χ2v) is 4.37. The van der Waals surface area contributed by atoms with Gasteiger partial charge in [0.25, 0.3) is 0 Å². The molecule has 0 saturated heterocycles. The fourth-order valence-corrected chi connectivity index (χ4v) is 2.47. The summed E-state index contributed by atoms with van der Waals surface area (Å²) in [6.45, 7) is 3.69. The predicted molar refractivity (Wildman–Crippen MR) is 64.4 cm³/mol. The van der Waals surface area contributed by atoms with Gasteiger partial charge in [0.15, 0.2) is 0 Å². The molecule has 0 aliphatic heterocycles. The maximum Gasteiger partial charge on any atom is 0.338 e. The van der Waals surface area contributed by atoms with Gasteiger partial charge >= 0.3 is 5.97 Å². The Morgan fingerprint density at radius 3 is 2.56 bits per heavy atom. The number of halogens is 1. The minimum atomic E-state index is -0.912. The summed E-state index contributed by atoms with van der Waals surface area (Å²) in [5.74, 6) is -0.912. The Balaban J connectivity index is 3.02. The van der Waals surface area contributed by atoms with E-state index < -0.39 is 5.97 Å². The fraction of sp³-hybridized carbons (Fsp3) is 0.250. The number of rotatable bonds is 1. The van der Waals surface area contributed by atoms with Crippen molar-refractivity contribution in [2.24, 2.45) is 7.05 Å². The van der Waals surface area contributed by atoms with E-state index in [4.69, 9.17) is 11.6 Å². The van der Waals surface area contributed by atoms with E-state index in [1.807, 2.05) is 30.7 Å². The molecule has 2 aromatic rings. The van der Waals surface area contributed by atoms with E-state index >= 15 is 0 Å². The Kier molecular flexibility index (Phi) is 2.43. The van der Waals surface area contributed by atoms with E-state index in [9.17, 15) is 9.90 Å². The van der Waals surface area contributed by atoms with Gasteiger partial charge in [-0.15, -0.1) is 0 Å². The van der Waals surface area contributed by atoms with E-state index in [1.165, 1.54) is 0 Å². The number of benzene rings is 1. The van der Waals surface area contributed by atoms with Crippen LogP contribution in [0.2, 0.25) is 5.02 Å². The molecule has 0 radical (unpaired) electrons. The molecule has 84 valence electrons. The molecule has 0 unspecified atom stereocenters. The van der Waals surface area contributed by atoms with Gasteiger partial charge in [-0.05, 0) is 31.5 Å². The zero-order valence-electron chi connectivity index (χ0n) is 9.34. The van der Waals surface area contributed by atoms with Crippen molar-refractivity contribution in [3.8, 4) is 0 Å². The zero-order chi connectivity index (χ0) is 12.0. The maximum absolute atomic E-state index is 11.2. The first kappa shape index (κ1) is 11.0. The number of carboxylic acids is 1. The highest BCUT2D eigenvalue weighted by Gasteiger charge is 2.19. The monoisotopic (exact) mass is 237 g/mol. The molecule has 0 fully saturated rings. The highest BCUT2D eigenvalue weighted by molar-refractivity contribution is 6.35. The van der Waals surface area contributed by atoms with Crippen molar-refractivity contribution in [1.29, 1.82) is 0 Å². The van der Waals surface area contributed by atoms with E-state index in [0.29, 0.717) is 16.0 Å². The molecule has 2 rings (SSSR count). The number of aryl methyl sites for hydroxylation is 2. The van der Waals surface area contributed by atoms with E-state index in [0.717, 1.165) is 16.8 Å². The van der Waals surface area contributed by atoms with Crippen molar-refractivity contribution < 1.29 is 9.90 Å². The third-order valence-corrected chi connectivity index (χ3v) is 3.18. The van der Waals surface area contributed by atoms with Crippen LogP contribution in [0.4, 0.5) is 0 Å². The van der Waals surface area contributed by atoms with Crippen LogP contribution >= 0.6 is 11.6 Å². The van der Waals surface area contributed by atoms with E-state index in [2.05, 4.69) is 0 Å². The van der Waals surface area contributed by atoms with Gasteiger partial charge in [0.05, 0.1) is 16.1 Å². The second kappa shape index (κ2) is 3.52. The lowest BCUT2D eigenvalue weighted by atomic mass is 10.1. The van der Waals surface area contributed by atoms with Gasteiger partial charge in [-0.3, -0.25) is 0 Å². The van der Waals surface area contributed by atoms with Crippen LogP contribution in [0.1, 0.15) is 21.6 Å². The highest BCUT2D eigenvalue weighted by Crippen LogP contribution is 2.31. The van der Waals surface area contributed by atoms with Gasteiger partial charge in [-0.25, -0.2) is 4.79 Å². The van der Waals surface area contributed by atoms with Gasteiger partial charge in [0, 0.05) is 18.1 Å². The Bertz CT molecular complexity index is 599. The highest BCUT2D eigenvalue weighted by atomic mass is 35.5. The number of carbonyl (C=O) groups is 1. The number of fused-ring (bicyclic) bond motifs is 1. The van der Waals surface area contributed by atoms with Crippen molar-refractivity contribution in [3.63, 3.8) is 0 Å². The van der Waals surface area contributed by atoms with Gasteiger partial charge in [0.1, 0.15) is 0 Å². The first-order valence-corrected chi connectivity index (χ1v) is 5.29. The third-order valence-electron chi connectivity index (χ3n) is 2.89. The average molecular weight is 238 g/mol. The molecule has 0 saturated carbocycles. The molecule has 16 heavy (non-hydrogen) atoms. The van der Waals surface area contributed by atoms with E-state index in [-0.39, 0.29) is 0 Å². The second-order valence-electron chi connectivity index (χ2n) is 3.97. The molecule has 4 heteroatoms. The molecule has 1 N–H and O–H groups in total. The minimum absolute atomic E-state index is 0.336. The van der Waals surface area contributed by atoms with Gasteiger partial charge < -0.3 is 9.67 Å². The Labute approximate surface area is 98.3 Å². The van der Waals surface area contributed by atoms with Crippen LogP contribution < -0.4 is 0 Å². The number of hydrogen-bond acceptors (Lipinski definition) is 1. The maximum atomic E-state index is 11.2. The summed E-state index contributed by atoms with van der Waals surface area (Å²) < 4.78 is 1.82. The standard InChI is InChI=1S/C12H12ClNO2/c1-6-4-8-10(12(15)16)7(2)14(3)11(8)9(13)5-6/h4-5H,1-3H3,(H,15,16). The number of aromatic nitrogens is 1. The molecule has 0 bridgehead atoms. The van der Waals surface area contributed by atoms with Crippen molar-refractivity contribution in [2.45, 2.75) is 13.8 Å². The summed E-state index contributed by atoms with van der Waals surface area (Å²) in [7, 11) is 1.82. The molecule has 0 atom stereocenters. The number of aromatic carboxylic acids is 1. The number of hydrogen-bond donors (Lipinski definition) is 1. The van der Waals surface area contributed by atoms with Crippen molar-refractivity contribution in [3.05, 3.63) is 34.0 Å². The quantitative estimate of drug-likeness (QED) is 0.828. The van der Waals surface area contributed by atoms with Crippen molar-refractivity contribution >= 4 is 28.5 Å². The minimum Gasteiger partial charge on any atom is -0.478 e. The Morgan fingerprint density at radius 2 is 2.00 bits per heavy atom. The van der Waals surface area contributed by atoms with Gasteiger partial charge in [-0.1, -0.05) is 11.6 Å². The summed E-state index contributed by atoms with van der Waals surface area (Å²) in [5.41, 5.74) is 2.80. The first-order chi connectivity index (χ1) is 7.43. The first-order valence-electron chi connectivity index (χ1n) is 4.92. The van der Waals surface area contributed by atoms with Crippen molar-refractivity contribution in [2.75, 3.05) is 0 Å². The van der Waals surface area contributed by atoms with Crippen molar-refractivity contribution in [1.82, 2.24) is 4.57 Å². The SMILES string of the molecule is Cc1cc(Cl)c2c(c1)c(C(=O)O)c(C)n2C. The largest absolute Gasteiger partial charge is 0.478 e. The van der Waals surface area contributed by atoms with E-state index in [1.54, 1.807) is 6.92 Å². The van der Waals surface area contributed by atoms with Crippen LogP contribution in [0, 0.1) is 13.8 Å². The van der Waals surface area contributed by atoms with Crippen LogP contribution in [0.3, 0.4) is 0 Å². The van der Waals surface area contributed by atoms with Crippen LogP contribution in [-0.2, 0) is 7.05 Å². The van der Waals surface area contributed by atoms with Crippen LogP contribution in [0.25, 0.3) is 10.9 Å². The Hall–Kier alpha value is -1.48. The molecular weight excluding hydrogens is 226 g/mol. The molecule has 0 spiro atoms. The summed E-state index contributed by atoms with van der Waals surface area (Å²) in [4.78, 5) is 11.2. The molecule has 1 aromatic heterocycles. The number of carboxylic acid groups (broad SMARTS) is 1. The summed E-state index contributed by atoms with van der Waals surface area (Å²) in [6.07, 6.45) is 0. The molecule has 1 heterocycles. The lowest BCUT2D eigenvalue weighted by Gasteiger charge is -2.01. The average Bonchev–Trinajstić information content (AvgIpc) is 2.38. The normalized spacial score (nSPS) is 11.0. The molecular formula is C12H12ClNO2. The smallest absolute Gasteiger partial charge is 0.338 e. The molecule has 1 aromatic carbocycles. The summed E-state index contributed by atoms with van der Waals surface area (Å²) in [5, 5.41) is 10.5. The van der Waals surface area contributed by atoms with Crippen LogP contribution in [0.5, 0.6) is 0 Å². The lowest BCUT2D eigenvalue weighted by Crippen LogP contribution is -1.99. The summed E-state index contributed by atoms with van der Waals surface area (Å²) >= 11 is 6.14. The molecule has 0 aliphatic rings. The Morgan fingerprint density at radius 1 is 1.38 bits per heavy atom. The molecule has 3 nitrogen and oxygen atoms in total. The number of nitrogens with zero attached hydrogens (tertiary/aromatic N) is 1. The van der Waals surface area contributed by atoms with Gasteiger partial charge in [0.2, 0.25) is 0 Å². The lowest BCUT2D eigenvalue weighted by molar-refractivity contribution is 0.0698. The summed E-state index contributed by atoms with van der Waals surface area (Å²) in [6, 6.07) is 3.70. The molecule has 0 aliphatic carbocycles. The van der Waals surface area contributed by atoms with Crippen LogP contribution in [0.15, 0.2) is 12.1 Å². The van der Waals surface area contributed by atoms with Crippen LogP contribution in [-0.4, -0.2) is 15.6 Å². The van der Waals surface area contributed by atoms with Gasteiger partial charge in [-0.2, -0.15) is 0 Å². The molecule has 0 amide bonds. The zero-order valence-corrected chi connectivity index (χ0v) is 10.1. The topological polar surface area (TPSA) is 42.2 Å².